The molecule has 4 heteroatoms. The van der Waals surface area contributed by atoms with Crippen molar-refractivity contribution in [3.63, 3.8) is 0 Å². The highest BCUT2D eigenvalue weighted by Gasteiger charge is 2.01. The summed E-state index contributed by atoms with van der Waals surface area (Å²) < 4.78 is 4.51. The van der Waals surface area contributed by atoms with Crippen LogP contribution < -0.4 is 5.32 Å². The van der Waals surface area contributed by atoms with Gasteiger partial charge in [-0.2, -0.15) is 0 Å². The van der Waals surface area contributed by atoms with Crippen LogP contribution >= 0.6 is 11.6 Å². The summed E-state index contributed by atoms with van der Waals surface area (Å²) in [4.78, 5) is 10.8. The number of rotatable bonds is 4. The number of hydrogen-bond donors (Lipinski definition) is 1. The van der Waals surface area contributed by atoms with Gasteiger partial charge in [-0.1, -0.05) is 23.7 Å². The van der Waals surface area contributed by atoms with Gasteiger partial charge in [0.05, 0.1) is 24.2 Å². The standard InChI is InChI=1S/C10H12ClNO2/c1-14-10(13)6-7-12-9-5-3-2-4-8(9)11/h2-5,12H,6-7H2,1H3. The second kappa shape index (κ2) is 5.50. The average Bonchev–Trinajstić information content (AvgIpc) is 2.20. The lowest BCUT2D eigenvalue weighted by Crippen LogP contribution is -2.09. The highest BCUT2D eigenvalue weighted by atomic mass is 35.5. The van der Waals surface area contributed by atoms with Crippen LogP contribution in [0.4, 0.5) is 5.69 Å². The normalized spacial score (nSPS) is 9.57. The van der Waals surface area contributed by atoms with E-state index in [-0.39, 0.29) is 5.97 Å². The number of carbonyl (C=O) groups is 1. The van der Waals surface area contributed by atoms with Gasteiger partial charge >= 0.3 is 5.97 Å². The number of para-hydroxylation sites is 1. The Kier molecular flexibility index (Phi) is 4.26. The first-order valence-corrected chi connectivity index (χ1v) is 4.67. The van der Waals surface area contributed by atoms with E-state index in [0.29, 0.717) is 18.0 Å². The molecule has 0 aromatic heterocycles. The van der Waals surface area contributed by atoms with Crippen LogP contribution in [0.5, 0.6) is 0 Å². The summed E-state index contributed by atoms with van der Waals surface area (Å²) in [7, 11) is 1.37. The molecule has 0 amide bonds. The summed E-state index contributed by atoms with van der Waals surface area (Å²) in [6.45, 7) is 0.524. The molecule has 0 atom stereocenters. The molecule has 1 rings (SSSR count). The Balaban J connectivity index is 2.39. The van der Waals surface area contributed by atoms with E-state index in [9.17, 15) is 4.79 Å². The van der Waals surface area contributed by atoms with Gasteiger partial charge in [0.25, 0.3) is 0 Å². The van der Waals surface area contributed by atoms with Crippen LogP contribution in [-0.2, 0) is 9.53 Å². The van der Waals surface area contributed by atoms with Gasteiger partial charge in [0.2, 0.25) is 0 Å². The van der Waals surface area contributed by atoms with Crippen LogP contribution in [-0.4, -0.2) is 19.6 Å². The smallest absolute Gasteiger partial charge is 0.307 e. The van der Waals surface area contributed by atoms with Gasteiger partial charge in [-0.3, -0.25) is 4.79 Å². The van der Waals surface area contributed by atoms with Gasteiger partial charge in [-0.25, -0.2) is 0 Å². The Bertz CT molecular complexity index is 315. The van der Waals surface area contributed by atoms with Crippen LogP contribution in [0.1, 0.15) is 6.42 Å². The second-order valence-electron chi connectivity index (χ2n) is 2.73. The Morgan fingerprint density at radius 1 is 1.50 bits per heavy atom. The molecular formula is C10H12ClNO2. The monoisotopic (exact) mass is 213 g/mol. The molecule has 0 fully saturated rings. The molecule has 0 heterocycles. The number of carbonyl (C=O) groups excluding carboxylic acids is 1. The molecule has 14 heavy (non-hydrogen) atoms. The van der Waals surface area contributed by atoms with Crippen molar-refractivity contribution < 1.29 is 9.53 Å². The fourth-order valence-corrected chi connectivity index (χ4v) is 1.21. The fraction of sp³-hybridized carbons (Fsp3) is 0.300. The number of esters is 1. The predicted molar refractivity (Wildman–Crippen MR) is 56.6 cm³/mol. The lowest BCUT2D eigenvalue weighted by atomic mass is 10.3. The molecular weight excluding hydrogens is 202 g/mol. The van der Waals surface area contributed by atoms with Gasteiger partial charge in [-0.05, 0) is 12.1 Å². The van der Waals surface area contributed by atoms with E-state index in [4.69, 9.17) is 11.6 Å². The molecule has 3 nitrogen and oxygen atoms in total. The summed E-state index contributed by atoms with van der Waals surface area (Å²) in [5.74, 6) is -0.232. The van der Waals surface area contributed by atoms with Gasteiger partial charge in [0.15, 0.2) is 0 Å². The molecule has 0 radical (unpaired) electrons. The molecule has 0 spiro atoms. The number of benzene rings is 1. The number of anilines is 1. The maximum Gasteiger partial charge on any atom is 0.307 e. The van der Waals surface area contributed by atoms with Gasteiger partial charge in [0.1, 0.15) is 0 Å². The van der Waals surface area contributed by atoms with E-state index < -0.39 is 0 Å². The zero-order valence-corrected chi connectivity index (χ0v) is 8.67. The molecule has 1 aromatic carbocycles. The maximum absolute atomic E-state index is 10.8. The predicted octanol–water partition coefficient (Wildman–Crippen LogP) is 2.32. The van der Waals surface area contributed by atoms with E-state index in [1.54, 1.807) is 6.07 Å². The van der Waals surface area contributed by atoms with Crippen molar-refractivity contribution in [3.8, 4) is 0 Å². The van der Waals surface area contributed by atoms with Crippen LogP contribution in [0.15, 0.2) is 24.3 Å². The van der Waals surface area contributed by atoms with Crippen LogP contribution in [0.2, 0.25) is 5.02 Å². The van der Waals surface area contributed by atoms with Crippen molar-refractivity contribution in [3.05, 3.63) is 29.3 Å². The first kappa shape index (κ1) is 10.9. The Hall–Kier alpha value is -1.22. The van der Waals surface area contributed by atoms with E-state index in [1.165, 1.54) is 7.11 Å². The first-order valence-electron chi connectivity index (χ1n) is 4.29. The summed E-state index contributed by atoms with van der Waals surface area (Å²) >= 11 is 5.89. The molecule has 0 aliphatic rings. The van der Waals surface area contributed by atoms with E-state index in [1.807, 2.05) is 18.2 Å². The fourth-order valence-electron chi connectivity index (χ4n) is 1.01. The Morgan fingerprint density at radius 3 is 2.86 bits per heavy atom. The van der Waals surface area contributed by atoms with Crippen molar-refractivity contribution in [2.45, 2.75) is 6.42 Å². The minimum Gasteiger partial charge on any atom is -0.469 e. The number of halogens is 1. The molecule has 1 N–H and O–H groups in total. The van der Waals surface area contributed by atoms with Crippen LogP contribution in [0.3, 0.4) is 0 Å². The molecule has 76 valence electrons. The summed E-state index contributed by atoms with van der Waals surface area (Å²) in [6, 6.07) is 7.39. The Morgan fingerprint density at radius 2 is 2.21 bits per heavy atom. The topological polar surface area (TPSA) is 38.3 Å². The number of methoxy groups -OCH3 is 1. The Labute approximate surface area is 88.0 Å². The van der Waals surface area contributed by atoms with Gasteiger partial charge in [0, 0.05) is 6.54 Å². The molecule has 0 unspecified atom stereocenters. The minimum atomic E-state index is -0.232. The number of nitrogens with one attached hydrogen (secondary N) is 1. The third kappa shape index (κ3) is 3.26. The molecule has 0 aliphatic heterocycles. The number of ether oxygens (including phenoxy) is 1. The summed E-state index contributed by atoms with van der Waals surface area (Å²) in [5, 5.41) is 3.70. The average molecular weight is 214 g/mol. The lowest BCUT2D eigenvalue weighted by Gasteiger charge is -2.06. The number of hydrogen-bond acceptors (Lipinski definition) is 3. The van der Waals surface area contributed by atoms with E-state index in [2.05, 4.69) is 10.1 Å². The zero-order chi connectivity index (χ0) is 10.4. The highest BCUT2D eigenvalue weighted by Crippen LogP contribution is 2.19. The van der Waals surface area contributed by atoms with Gasteiger partial charge in [-0.15, -0.1) is 0 Å². The van der Waals surface area contributed by atoms with Crippen molar-refractivity contribution in [1.29, 1.82) is 0 Å². The molecule has 0 saturated heterocycles. The van der Waals surface area contributed by atoms with Crippen molar-refractivity contribution >= 4 is 23.3 Å². The molecule has 0 aliphatic carbocycles. The van der Waals surface area contributed by atoms with Crippen LogP contribution in [0, 0.1) is 0 Å². The van der Waals surface area contributed by atoms with Crippen molar-refractivity contribution in [2.24, 2.45) is 0 Å². The molecule has 0 saturated carbocycles. The third-order valence-electron chi connectivity index (χ3n) is 1.75. The quantitative estimate of drug-likeness (QED) is 0.781. The third-order valence-corrected chi connectivity index (χ3v) is 2.08. The van der Waals surface area contributed by atoms with E-state index in [0.717, 1.165) is 5.69 Å². The van der Waals surface area contributed by atoms with E-state index >= 15 is 0 Å². The second-order valence-corrected chi connectivity index (χ2v) is 3.14. The maximum atomic E-state index is 10.8. The summed E-state index contributed by atoms with van der Waals surface area (Å²) in [5.41, 5.74) is 0.832. The van der Waals surface area contributed by atoms with Crippen molar-refractivity contribution in [1.82, 2.24) is 0 Å². The van der Waals surface area contributed by atoms with Gasteiger partial charge < -0.3 is 10.1 Å². The van der Waals surface area contributed by atoms with Crippen molar-refractivity contribution in [2.75, 3.05) is 19.0 Å². The SMILES string of the molecule is COC(=O)CCNc1ccccc1Cl. The highest BCUT2D eigenvalue weighted by molar-refractivity contribution is 6.33. The largest absolute Gasteiger partial charge is 0.469 e. The molecule has 1 aromatic rings. The first-order chi connectivity index (χ1) is 6.74. The molecule has 0 bridgehead atoms. The van der Waals surface area contributed by atoms with Crippen LogP contribution in [0.25, 0.3) is 0 Å². The zero-order valence-electron chi connectivity index (χ0n) is 7.92. The minimum absolute atomic E-state index is 0.232. The summed E-state index contributed by atoms with van der Waals surface area (Å²) in [6.07, 6.45) is 0.335. The lowest BCUT2D eigenvalue weighted by molar-refractivity contribution is -0.140.